The number of carbonyl (C=O) groups is 1. The van der Waals surface area contributed by atoms with Crippen molar-refractivity contribution in [3.8, 4) is 0 Å². The van der Waals surface area contributed by atoms with Crippen LogP contribution in [-0.4, -0.2) is 23.2 Å². The van der Waals surface area contributed by atoms with Gasteiger partial charge in [-0.3, -0.25) is 4.79 Å². The highest BCUT2D eigenvalue weighted by atomic mass is 79.9. The van der Waals surface area contributed by atoms with Crippen molar-refractivity contribution < 1.29 is 9.90 Å². The van der Waals surface area contributed by atoms with Gasteiger partial charge in [0.2, 0.25) is 0 Å². The zero-order chi connectivity index (χ0) is 12.3. The lowest BCUT2D eigenvalue weighted by atomic mass is 9.93. The van der Waals surface area contributed by atoms with E-state index >= 15 is 0 Å². The molecule has 1 aliphatic rings. The second-order valence-corrected chi connectivity index (χ2v) is 5.32. The number of rotatable bonds is 2. The number of benzene rings is 1. The van der Waals surface area contributed by atoms with E-state index in [2.05, 4.69) is 21.2 Å². The number of carbonyl (C=O) groups excluding carboxylic acids is 1. The largest absolute Gasteiger partial charge is 0.393 e. The summed E-state index contributed by atoms with van der Waals surface area (Å²) in [5.41, 5.74) is 0.646. The smallest absolute Gasteiger partial charge is 0.252 e. The van der Waals surface area contributed by atoms with Crippen LogP contribution in [0.3, 0.4) is 0 Å². The number of hydrogen-bond acceptors (Lipinski definition) is 2. The quantitative estimate of drug-likeness (QED) is 0.881. The lowest BCUT2D eigenvalue weighted by Gasteiger charge is -2.26. The normalized spacial score (nSPS) is 24.4. The number of hydrogen-bond donors (Lipinski definition) is 2. The first-order chi connectivity index (χ1) is 8.16. The molecule has 1 amide bonds. The van der Waals surface area contributed by atoms with Crippen molar-refractivity contribution in [2.24, 2.45) is 0 Å². The number of nitrogens with one attached hydrogen (secondary N) is 1. The summed E-state index contributed by atoms with van der Waals surface area (Å²) >= 11 is 3.36. The predicted molar refractivity (Wildman–Crippen MR) is 69.9 cm³/mol. The van der Waals surface area contributed by atoms with E-state index in [0.717, 1.165) is 23.7 Å². The molecule has 4 heteroatoms. The fraction of sp³-hybridized carbons (Fsp3) is 0.462. The van der Waals surface area contributed by atoms with Gasteiger partial charge in [0, 0.05) is 10.5 Å². The molecule has 92 valence electrons. The zero-order valence-electron chi connectivity index (χ0n) is 9.53. The third kappa shape index (κ3) is 3.30. The van der Waals surface area contributed by atoms with E-state index in [1.54, 1.807) is 6.07 Å². The summed E-state index contributed by atoms with van der Waals surface area (Å²) in [7, 11) is 0. The maximum atomic E-state index is 12.0. The van der Waals surface area contributed by atoms with Crippen LogP contribution in [0.1, 0.15) is 36.0 Å². The molecule has 0 unspecified atom stereocenters. The number of aliphatic hydroxyl groups is 1. The number of halogens is 1. The lowest BCUT2D eigenvalue weighted by Crippen LogP contribution is -2.39. The lowest BCUT2D eigenvalue weighted by molar-refractivity contribution is 0.0849. The van der Waals surface area contributed by atoms with E-state index in [0.29, 0.717) is 12.0 Å². The predicted octanol–water partition coefficient (Wildman–Crippen LogP) is 2.48. The molecule has 1 fully saturated rings. The highest BCUT2D eigenvalue weighted by Crippen LogP contribution is 2.20. The van der Waals surface area contributed by atoms with E-state index in [-0.39, 0.29) is 18.1 Å². The summed E-state index contributed by atoms with van der Waals surface area (Å²) in [5.74, 6) is -0.0726. The molecule has 0 heterocycles. The van der Waals surface area contributed by atoms with Gasteiger partial charge in [-0.05, 0) is 53.7 Å². The molecule has 1 aromatic carbocycles. The monoisotopic (exact) mass is 297 g/mol. The molecule has 0 aliphatic heterocycles. The van der Waals surface area contributed by atoms with Crippen LogP contribution in [0.4, 0.5) is 0 Å². The molecule has 1 saturated carbocycles. The Bertz CT molecular complexity index is 408. The number of amides is 1. The molecule has 1 aliphatic carbocycles. The highest BCUT2D eigenvalue weighted by Gasteiger charge is 2.22. The Balaban J connectivity index is 1.99. The van der Waals surface area contributed by atoms with Gasteiger partial charge in [-0.1, -0.05) is 12.1 Å². The maximum Gasteiger partial charge on any atom is 0.252 e. The fourth-order valence-electron chi connectivity index (χ4n) is 2.20. The Morgan fingerprint density at radius 1 is 1.35 bits per heavy atom. The molecule has 3 nitrogen and oxygen atoms in total. The Kier molecular flexibility index (Phi) is 4.18. The fourth-order valence-corrected chi connectivity index (χ4v) is 2.67. The van der Waals surface area contributed by atoms with Gasteiger partial charge in [-0.15, -0.1) is 0 Å². The van der Waals surface area contributed by atoms with Gasteiger partial charge in [0.1, 0.15) is 0 Å². The van der Waals surface area contributed by atoms with Crippen LogP contribution >= 0.6 is 15.9 Å². The van der Waals surface area contributed by atoms with E-state index in [1.807, 2.05) is 18.2 Å². The van der Waals surface area contributed by atoms with Crippen molar-refractivity contribution in [2.75, 3.05) is 0 Å². The summed E-state index contributed by atoms with van der Waals surface area (Å²) in [4.78, 5) is 12.0. The molecule has 2 rings (SSSR count). The first-order valence-corrected chi connectivity index (χ1v) is 6.69. The molecule has 1 aromatic rings. The summed E-state index contributed by atoms with van der Waals surface area (Å²) in [6.45, 7) is 0. The maximum absolute atomic E-state index is 12.0. The van der Waals surface area contributed by atoms with Crippen molar-refractivity contribution in [1.29, 1.82) is 0 Å². The first kappa shape index (κ1) is 12.6. The minimum atomic E-state index is -0.270. The summed E-state index contributed by atoms with van der Waals surface area (Å²) in [5, 5.41) is 12.5. The van der Waals surface area contributed by atoms with Gasteiger partial charge in [0.25, 0.3) is 5.91 Å². The summed E-state index contributed by atoms with van der Waals surface area (Å²) in [6.07, 6.45) is 3.17. The van der Waals surface area contributed by atoms with Gasteiger partial charge in [-0.2, -0.15) is 0 Å². The van der Waals surface area contributed by atoms with Crippen molar-refractivity contribution in [3.63, 3.8) is 0 Å². The van der Waals surface area contributed by atoms with Crippen LogP contribution in [0.25, 0.3) is 0 Å². The summed E-state index contributed by atoms with van der Waals surface area (Å²) in [6, 6.07) is 7.46. The second-order valence-electron chi connectivity index (χ2n) is 4.47. The molecule has 2 atom stereocenters. The second kappa shape index (κ2) is 5.65. The molecule has 2 N–H and O–H groups in total. The highest BCUT2D eigenvalue weighted by molar-refractivity contribution is 9.10. The third-order valence-corrected chi connectivity index (χ3v) is 3.79. The Morgan fingerprint density at radius 2 is 2.12 bits per heavy atom. The Hall–Kier alpha value is -0.870. The SMILES string of the molecule is O=C(N[C@@H]1CCC[C@@H](O)C1)c1ccccc1Br. The Labute approximate surface area is 109 Å². The zero-order valence-corrected chi connectivity index (χ0v) is 11.1. The van der Waals surface area contributed by atoms with Crippen LogP contribution in [-0.2, 0) is 0 Å². The van der Waals surface area contributed by atoms with E-state index in [9.17, 15) is 9.90 Å². The van der Waals surface area contributed by atoms with Gasteiger partial charge in [-0.25, -0.2) is 0 Å². The minimum absolute atomic E-state index is 0.0726. The van der Waals surface area contributed by atoms with E-state index in [1.165, 1.54) is 0 Å². The van der Waals surface area contributed by atoms with Crippen molar-refractivity contribution in [3.05, 3.63) is 34.3 Å². The molecule has 0 aromatic heterocycles. The third-order valence-electron chi connectivity index (χ3n) is 3.10. The van der Waals surface area contributed by atoms with Gasteiger partial charge in [0.15, 0.2) is 0 Å². The van der Waals surface area contributed by atoms with Crippen LogP contribution in [0.5, 0.6) is 0 Å². The van der Waals surface area contributed by atoms with Crippen LogP contribution in [0.15, 0.2) is 28.7 Å². The molecular weight excluding hydrogens is 282 g/mol. The van der Waals surface area contributed by atoms with Gasteiger partial charge < -0.3 is 10.4 Å². The molecule has 0 spiro atoms. The molecular formula is C13H16BrNO2. The van der Waals surface area contributed by atoms with E-state index < -0.39 is 0 Å². The molecule has 0 saturated heterocycles. The van der Waals surface area contributed by atoms with Gasteiger partial charge >= 0.3 is 0 Å². The van der Waals surface area contributed by atoms with Crippen LogP contribution < -0.4 is 5.32 Å². The minimum Gasteiger partial charge on any atom is -0.393 e. The summed E-state index contributed by atoms with van der Waals surface area (Å²) < 4.78 is 0.800. The van der Waals surface area contributed by atoms with Crippen molar-refractivity contribution in [1.82, 2.24) is 5.32 Å². The van der Waals surface area contributed by atoms with E-state index in [4.69, 9.17) is 0 Å². The van der Waals surface area contributed by atoms with Crippen LogP contribution in [0.2, 0.25) is 0 Å². The molecule has 17 heavy (non-hydrogen) atoms. The van der Waals surface area contributed by atoms with Crippen LogP contribution in [0, 0.1) is 0 Å². The Morgan fingerprint density at radius 3 is 2.82 bits per heavy atom. The number of aliphatic hydroxyl groups excluding tert-OH is 1. The first-order valence-electron chi connectivity index (χ1n) is 5.90. The topological polar surface area (TPSA) is 49.3 Å². The average molecular weight is 298 g/mol. The van der Waals surface area contributed by atoms with Crippen molar-refractivity contribution >= 4 is 21.8 Å². The average Bonchev–Trinajstić information content (AvgIpc) is 2.29. The van der Waals surface area contributed by atoms with Gasteiger partial charge in [0.05, 0.1) is 11.7 Å². The molecule has 0 radical (unpaired) electrons. The standard InChI is InChI=1S/C13H16BrNO2/c14-12-7-2-1-6-11(12)13(17)15-9-4-3-5-10(16)8-9/h1-2,6-7,9-10,16H,3-5,8H2,(H,15,17)/t9-,10-/m1/s1. The molecule has 0 bridgehead atoms. The van der Waals surface area contributed by atoms with Crippen molar-refractivity contribution in [2.45, 2.75) is 37.8 Å².